The van der Waals surface area contributed by atoms with E-state index in [9.17, 15) is 0 Å². The Bertz CT molecular complexity index is 120. The molecular weight excluding hydrogens is 150 g/mol. The average molecular weight is 163 g/mol. The Morgan fingerprint density at radius 1 is 1.36 bits per heavy atom. The second-order valence-corrected chi connectivity index (χ2v) is 2.68. The van der Waals surface area contributed by atoms with Crippen LogP contribution in [0.15, 0.2) is 0 Å². The molecule has 4 atom stereocenters. The van der Waals surface area contributed by atoms with Gasteiger partial charge in [0.25, 0.3) is 0 Å². The second-order valence-electron chi connectivity index (χ2n) is 2.68. The highest BCUT2D eigenvalue weighted by Gasteiger charge is 2.34. The highest BCUT2D eigenvalue weighted by molar-refractivity contribution is 4.80. The monoisotopic (exact) mass is 163 g/mol. The van der Waals surface area contributed by atoms with Crippen molar-refractivity contribution in [3.05, 3.63) is 0 Å². The quantitative estimate of drug-likeness (QED) is 0.351. The molecule has 5 N–H and O–H groups in total. The van der Waals surface area contributed by atoms with Gasteiger partial charge < -0.3 is 25.8 Å². The van der Waals surface area contributed by atoms with E-state index in [2.05, 4.69) is 0 Å². The maximum atomic E-state index is 9.10. The SMILES string of the molecule is NC[C@@H]1C[C@H](O)[C@@H](O)[C@@H](O)O1. The van der Waals surface area contributed by atoms with Gasteiger partial charge in [-0.3, -0.25) is 0 Å². The van der Waals surface area contributed by atoms with Gasteiger partial charge in [-0.25, -0.2) is 0 Å². The summed E-state index contributed by atoms with van der Waals surface area (Å²) < 4.78 is 4.84. The second kappa shape index (κ2) is 3.46. The standard InChI is InChI=1S/C6H13NO4/c7-2-3-1-4(8)5(9)6(10)11-3/h3-6,8-10H,1-2,7H2/t3-,4-,5+,6-/m0/s1. The zero-order valence-electron chi connectivity index (χ0n) is 6.05. The van der Waals surface area contributed by atoms with E-state index >= 15 is 0 Å². The molecule has 0 unspecified atom stereocenters. The van der Waals surface area contributed by atoms with Crippen molar-refractivity contribution in [1.29, 1.82) is 0 Å². The molecule has 1 heterocycles. The topological polar surface area (TPSA) is 95.9 Å². The van der Waals surface area contributed by atoms with Gasteiger partial charge in [-0.1, -0.05) is 0 Å². The molecular formula is C6H13NO4. The number of hydrogen-bond acceptors (Lipinski definition) is 5. The lowest BCUT2D eigenvalue weighted by molar-refractivity contribution is -0.244. The summed E-state index contributed by atoms with van der Waals surface area (Å²) in [6, 6.07) is 0. The van der Waals surface area contributed by atoms with E-state index in [4.69, 9.17) is 25.8 Å². The fraction of sp³-hybridized carbons (Fsp3) is 1.00. The normalized spacial score (nSPS) is 45.8. The van der Waals surface area contributed by atoms with Gasteiger partial charge in [-0.15, -0.1) is 0 Å². The van der Waals surface area contributed by atoms with Crippen molar-refractivity contribution in [2.24, 2.45) is 5.73 Å². The zero-order valence-corrected chi connectivity index (χ0v) is 6.05. The van der Waals surface area contributed by atoms with Crippen molar-refractivity contribution in [3.63, 3.8) is 0 Å². The minimum absolute atomic E-state index is 0.237. The first-order chi connectivity index (χ1) is 5.15. The van der Waals surface area contributed by atoms with Crippen molar-refractivity contribution in [2.45, 2.75) is 31.0 Å². The van der Waals surface area contributed by atoms with E-state index in [1.807, 2.05) is 0 Å². The molecule has 0 aromatic carbocycles. The van der Waals surface area contributed by atoms with E-state index in [-0.39, 0.29) is 19.1 Å². The molecule has 0 saturated carbocycles. The van der Waals surface area contributed by atoms with E-state index in [0.717, 1.165) is 0 Å². The molecule has 1 saturated heterocycles. The third kappa shape index (κ3) is 1.88. The lowest BCUT2D eigenvalue weighted by atomic mass is 10.0. The molecule has 1 aliphatic rings. The Morgan fingerprint density at radius 3 is 2.45 bits per heavy atom. The molecule has 0 amide bonds. The highest BCUT2D eigenvalue weighted by Crippen LogP contribution is 2.17. The molecule has 0 spiro atoms. The maximum absolute atomic E-state index is 9.10. The number of aliphatic hydroxyl groups is 3. The third-order valence-corrected chi connectivity index (χ3v) is 1.79. The molecule has 0 bridgehead atoms. The molecule has 11 heavy (non-hydrogen) atoms. The highest BCUT2D eigenvalue weighted by atomic mass is 16.6. The first-order valence-corrected chi connectivity index (χ1v) is 3.55. The molecule has 0 radical (unpaired) electrons. The molecule has 0 aliphatic carbocycles. The summed E-state index contributed by atoms with van der Waals surface area (Å²) in [5.74, 6) is 0. The van der Waals surface area contributed by atoms with Crippen LogP contribution in [-0.2, 0) is 4.74 Å². The van der Waals surface area contributed by atoms with Crippen molar-refractivity contribution >= 4 is 0 Å². The largest absolute Gasteiger partial charge is 0.390 e. The van der Waals surface area contributed by atoms with Crippen LogP contribution in [0.1, 0.15) is 6.42 Å². The summed E-state index contributed by atoms with van der Waals surface area (Å²) in [5.41, 5.74) is 5.24. The summed E-state index contributed by atoms with van der Waals surface area (Å²) in [6.07, 6.45) is -3.55. The molecule has 5 heteroatoms. The summed E-state index contributed by atoms with van der Waals surface area (Å²) in [5, 5.41) is 27.1. The lowest BCUT2D eigenvalue weighted by Crippen LogP contribution is -2.50. The van der Waals surface area contributed by atoms with Gasteiger partial charge in [0.1, 0.15) is 6.10 Å². The number of aliphatic hydroxyl groups excluding tert-OH is 3. The van der Waals surface area contributed by atoms with Crippen molar-refractivity contribution in [3.8, 4) is 0 Å². The van der Waals surface area contributed by atoms with E-state index in [0.29, 0.717) is 0 Å². The Morgan fingerprint density at radius 2 is 2.00 bits per heavy atom. The van der Waals surface area contributed by atoms with Crippen molar-refractivity contribution < 1.29 is 20.1 Å². The van der Waals surface area contributed by atoms with Gasteiger partial charge in [0, 0.05) is 13.0 Å². The first-order valence-electron chi connectivity index (χ1n) is 3.55. The van der Waals surface area contributed by atoms with Crippen LogP contribution in [0.4, 0.5) is 0 Å². The number of nitrogens with two attached hydrogens (primary N) is 1. The summed E-state index contributed by atoms with van der Waals surface area (Å²) in [7, 11) is 0. The van der Waals surface area contributed by atoms with Crippen LogP contribution in [0.3, 0.4) is 0 Å². The molecule has 1 aliphatic heterocycles. The third-order valence-electron chi connectivity index (χ3n) is 1.79. The fourth-order valence-corrected chi connectivity index (χ4v) is 1.08. The maximum Gasteiger partial charge on any atom is 0.183 e. The molecule has 1 fully saturated rings. The molecule has 5 nitrogen and oxygen atoms in total. The molecule has 0 aromatic heterocycles. The van der Waals surface area contributed by atoms with Crippen molar-refractivity contribution in [2.75, 3.05) is 6.54 Å². The molecule has 66 valence electrons. The minimum atomic E-state index is -1.31. The van der Waals surface area contributed by atoms with Crippen LogP contribution in [0, 0.1) is 0 Å². The van der Waals surface area contributed by atoms with Gasteiger partial charge in [0.15, 0.2) is 6.29 Å². The number of hydrogen-bond donors (Lipinski definition) is 4. The van der Waals surface area contributed by atoms with Crippen LogP contribution < -0.4 is 5.73 Å². The van der Waals surface area contributed by atoms with Crippen LogP contribution >= 0.6 is 0 Å². The zero-order chi connectivity index (χ0) is 8.43. The predicted octanol–water partition coefficient (Wildman–Crippen LogP) is -2.23. The average Bonchev–Trinajstić information content (AvgIpc) is 1.99. The number of rotatable bonds is 1. The summed E-state index contributed by atoms with van der Waals surface area (Å²) in [6.45, 7) is 0.237. The van der Waals surface area contributed by atoms with E-state index in [1.165, 1.54) is 0 Å². The van der Waals surface area contributed by atoms with E-state index in [1.54, 1.807) is 0 Å². The first kappa shape index (κ1) is 8.89. The minimum Gasteiger partial charge on any atom is -0.390 e. The summed E-state index contributed by atoms with van der Waals surface area (Å²) in [4.78, 5) is 0. The fourth-order valence-electron chi connectivity index (χ4n) is 1.08. The predicted molar refractivity (Wildman–Crippen MR) is 36.6 cm³/mol. The van der Waals surface area contributed by atoms with Crippen molar-refractivity contribution in [1.82, 2.24) is 0 Å². The van der Waals surface area contributed by atoms with Crippen LogP contribution in [0.5, 0.6) is 0 Å². The van der Waals surface area contributed by atoms with Crippen LogP contribution in [-0.4, -0.2) is 46.5 Å². The smallest absolute Gasteiger partial charge is 0.183 e. The molecule has 1 rings (SSSR count). The Balaban J connectivity index is 2.47. The Labute approximate surface area is 64.4 Å². The molecule has 0 aromatic rings. The number of ether oxygens (including phenoxy) is 1. The van der Waals surface area contributed by atoms with Crippen LogP contribution in [0.25, 0.3) is 0 Å². The lowest BCUT2D eigenvalue weighted by Gasteiger charge is -2.33. The van der Waals surface area contributed by atoms with Crippen LogP contribution in [0.2, 0.25) is 0 Å². The van der Waals surface area contributed by atoms with Gasteiger partial charge in [0.2, 0.25) is 0 Å². The Kier molecular flexibility index (Phi) is 2.80. The van der Waals surface area contributed by atoms with Gasteiger partial charge in [0.05, 0.1) is 12.2 Å². The summed E-state index contributed by atoms with van der Waals surface area (Å²) >= 11 is 0. The Hall–Kier alpha value is -0.200. The van der Waals surface area contributed by atoms with E-state index < -0.39 is 18.5 Å². The van der Waals surface area contributed by atoms with Gasteiger partial charge in [-0.2, -0.15) is 0 Å². The van der Waals surface area contributed by atoms with Gasteiger partial charge in [-0.05, 0) is 0 Å². The van der Waals surface area contributed by atoms with Gasteiger partial charge >= 0.3 is 0 Å².